The normalized spacial score (nSPS) is 12.8. The molecule has 1 aliphatic rings. The fourth-order valence-electron chi connectivity index (χ4n) is 9.83. The van der Waals surface area contributed by atoms with Gasteiger partial charge in [0.1, 0.15) is 5.82 Å². The first-order chi connectivity index (χ1) is 33.3. The molecule has 0 bridgehead atoms. The van der Waals surface area contributed by atoms with Gasteiger partial charge in [0.15, 0.2) is 0 Å². The van der Waals surface area contributed by atoms with Crippen LogP contribution >= 0.6 is 0 Å². The number of ether oxygens (including phenoxy) is 1. The summed E-state index contributed by atoms with van der Waals surface area (Å²) in [6.45, 7) is 18.1. The fraction of sp³-hybridized carbons (Fsp3) is 0.156. The van der Waals surface area contributed by atoms with Gasteiger partial charge in [-0.2, -0.15) is 6.07 Å². The van der Waals surface area contributed by atoms with Gasteiger partial charge in [0.25, 0.3) is 0 Å². The van der Waals surface area contributed by atoms with Gasteiger partial charge in [-0.25, -0.2) is 4.98 Å². The molecule has 70 heavy (non-hydrogen) atoms. The third-order valence-corrected chi connectivity index (χ3v) is 14.1. The average molecular weight is 1090 g/mol. The number of nitrogens with zero attached hydrogens (tertiary/aromatic N) is 4. The Labute approximate surface area is 427 Å². The average Bonchev–Trinajstić information content (AvgIpc) is 3.93. The predicted molar refractivity (Wildman–Crippen MR) is 286 cm³/mol. The van der Waals surface area contributed by atoms with E-state index >= 15 is 0 Å². The molecule has 1 aliphatic heterocycles. The van der Waals surface area contributed by atoms with Crippen LogP contribution in [0.4, 0.5) is 22.7 Å². The zero-order valence-electron chi connectivity index (χ0n) is 40.6. The molecule has 5 nitrogen and oxygen atoms in total. The van der Waals surface area contributed by atoms with Gasteiger partial charge in [0.2, 0.25) is 0 Å². The van der Waals surface area contributed by atoms with Crippen LogP contribution in [0.2, 0.25) is 0 Å². The molecule has 8 aromatic carbocycles. The molecular formula is C64H55N4OPt-3. The summed E-state index contributed by atoms with van der Waals surface area (Å²) < 4.78 is 9.12. The van der Waals surface area contributed by atoms with Gasteiger partial charge in [-0.1, -0.05) is 181 Å². The topological polar surface area (TPSA) is 33.5 Å². The number of hydrogen-bond donors (Lipinski definition) is 0. The smallest absolute Gasteiger partial charge is 0.135 e. The van der Waals surface area contributed by atoms with Crippen LogP contribution in [0.25, 0.3) is 38.8 Å². The first-order valence-electron chi connectivity index (χ1n) is 23.9. The van der Waals surface area contributed by atoms with Crippen molar-refractivity contribution in [2.75, 3.05) is 9.80 Å². The molecule has 0 spiro atoms. The van der Waals surface area contributed by atoms with Gasteiger partial charge in [-0.05, 0) is 86.6 Å². The Bertz CT molecular complexity index is 3500. The van der Waals surface area contributed by atoms with Gasteiger partial charge in [0, 0.05) is 72.2 Å². The van der Waals surface area contributed by atoms with Crippen molar-refractivity contribution in [1.82, 2.24) is 9.55 Å². The summed E-state index contributed by atoms with van der Waals surface area (Å²) in [5.41, 5.74) is 13.8. The Hall–Kier alpha value is -7.20. The Morgan fingerprint density at radius 3 is 1.77 bits per heavy atom. The summed E-state index contributed by atoms with van der Waals surface area (Å²) in [6, 6.07) is 76.5. The molecule has 0 fully saturated rings. The largest absolute Gasteiger partial charge is 0.509 e. The minimum atomic E-state index is -0.255. The minimum absolute atomic E-state index is 0. The number of pyridine rings is 1. The second kappa shape index (κ2) is 18.3. The summed E-state index contributed by atoms with van der Waals surface area (Å²) in [7, 11) is 0. The molecule has 0 atom stereocenters. The van der Waals surface area contributed by atoms with Crippen molar-refractivity contribution in [3.05, 3.63) is 247 Å². The molecule has 11 rings (SSSR count). The fourth-order valence-corrected chi connectivity index (χ4v) is 9.83. The van der Waals surface area contributed by atoms with Crippen molar-refractivity contribution in [1.29, 1.82) is 0 Å². The van der Waals surface area contributed by atoms with Crippen LogP contribution in [-0.4, -0.2) is 9.55 Å². The number of aromatic nitrogens is 2. The number of rotatable bonds is 10. The van der Waals surface area contributed by atoms with Crippen LogP contribution in [0.5, 0.6) is 11.5 Å². The van der Waals surface area contributed by atoms with E-state index in [1.54, 1.807) is 0 Å². The van der Waals surface area contributed by atoms with Crippen LogP contribution in [-0.2, 0) is 37.3 Å². The number of fused-ring (bicyclic) bond motifs is 4. The van der Waals surface area contributed by atoms with E-state index in [2.05, 4.69) is 270 Å². The van der Waals surface area contributed by atoms with Gasteiger partial charge < -0.3 is 19.1 Å². The summed E-state index contributed by atoms with van der Waals surface area (Å²) in [5.74, 6) is 2.04. The minimum Gasteiger partial charge on any atom is -0.509 e. The Morgan fingerprint density at radius 2 is 1.09 bits per heavy atom. The van der Waals surface area contributed by atoms with E-state index in [9.17, 15) is 0 Å². The molecular weight excluding hydrogens is 1040 g/mol. The number of para-hydroxylation sites is 3. The molecule has 0 amide bonds. The molecule has 0 aliphatic carbocycles. The van der Waals surface area contributed by atoms with Gasteiger partial charge in [-0.3, -0.25) is 0 Å². The van der Waals surface area contributed by atoms with Crippen molar-refractivity contribution in [2.24, 2.45) is 0 Å². The summed E-state index contributed by atoms with van der Waals surface area (Å²) >= 11 is 0. The van der Waals surface area contributed by atoms with E-state index in [1.165, 1.54) is 33.4 Å². The maximum Gasteiger partial charge on any atom is 0.135 e. The maximum absolute atomic E-state index is 6.91. The third-order valence-electron chi connectivity index (χ3n) is 14.1. The van der Waals surface area contributed by atoms with Crippen molar-refractivity contribution in [3.8, 4) is 28.4 Å². The first-order valence-corrected chi connectivity index (χ1v) is 23.9. The molecule has 350 valence electrons. The van der Waals surface area contributed by atoms with E-state index in [4.69, 9.17) is 9.72 Å². The SMILES string of the molecule is CC(C)(C)c1cc(Oc2[c-]c3c(cc2)c2ccccc2n3-c2cc(C(C)(C)c3ccccc3)ccn2)[c-]c(N2[CH-]N(c3cc(-c4ccccc4)cc(C(C)(C)c4ccccc4)c3)c3ccccc32)c1.[Pt]. The van der Waals surface area contributed by atoms with Crippen LogP contribution in [0.1, 0.15) is 76.3 Å². The van der Waals surface area contributed by atoms with E-state index in [0.29, 0.717) is 11.5 Å². The van der Waals surface area contributed by atoms with Crippen molar-refractivity contribution in [2.45, 2.75) is 64.7 Å². The standard InChI is InChI=1S/C64H55N4O.Pt/c1-62(2,3)49-37-52(67-43-66(58-29-19-20-30-59(58)67)51-36-45(44-21-11-8-12-22-44)35-50(38-51)64(6,7)47-25-15-10-16-26-47)41-54(39-49)69-53-31-32-56-55-27-17-18-28-57(55)68(60(56)42-53)61-40-48(33-34-65-61)63(4,5)46-23-13-9-14-24-46;/h8-40,43H,1-7H3;/q-3;. The summed E-state index contributed by atoms with van der Waals surface area (Å²) in [4.78, 5) is 9.54. The molecule has 3 heterocycles. The Morgan fingerprint density at radius 1 is 0.471 bits per heavy atom. The van der Waals surface area contributed by atoms with Crippen molar-refractivity contribution >= 4 is 44.6 Å². The van der Waals surface area contributed by atoms with E-state index in [0.717, 1.165) is 55.9 Å². The van der Waals surface area contributed by atoms with Gasteiger partial charge in [0.05, 0.1) is 0 Å². The zero-order valence-corrected chi connectivity index (χ0v) is 42.9. The summed E-state index contributed by atoms with van der Waals surface area (Å²) in [5, 5.41) is 2.21. The second-order valence-corrected chi connectivity index (χ2v) is 20.3. The molecule has 10 aromatic rings. The first kappa shape index (κ1) is 46.5. The predicted octanol–water partition coefficient (Wildman–Crippen LogP) is 16.6. The maximum atomic E-state index is 6.91. The Balaban J connectivity index is 0.00000567. The second-order valence-electron chi connectivity index (χ2n) is 20.3. The van der Waals surface area contributed by atoms with Crippen LogP contribution in [0.3, 0.4) is 0 Å². The van der Waals surface area contributed by atoms with Crippen molar-refractivity contribution < 1.29 is 25.8 Å². The molecule has 0 radical (unpaired) electrons. The van der Waals surface area contributed by atoms with Gasteiger partial charge in [-0.15, -0.1) is 53.6 Å². The van der Waals surface area contributed by atoms with Crippen molar-refractivity contribution in [3.63, 3.8) is 0 Å². The number of benzene rings is 8. The molecule has 0 unspecified atom stereocenters. The van der Waals surface area contributed by atoms with Crippen LogP contribution in [0.15, 0.2) is 200 Å². The number of anilines is 4. The molecule has 2 aromatic heterocycles. The van der Waals surface area contributed by atoms with Gasteiger partial charge >= 0.3 is 0 Å². The monoisotopic (exact) mass is 1090 g/mol. The molecule has 0 saturated heterocycles. The number of hydrogen-bond acceptors (Lipinski definition) is 4. The Kier molecular flexibility index (Phi) is 12.1. The summed E-state index contributed by atoms with van der Waals surface area (Å²) in [6.07, 6.45) is 1.92. The third kappa shape index (κ3) is 8.51. The van der Waals surface area contributed by atoms with E-state index in [1.807, 2.05) is 12.3 Å². The zero-order chi connectivity index (χ0) is 47.5. The van der Waals surface area contributed by atoms with Crippen LogP contribution < -0.4 is 14.5 Å². The van der Waals surface area contributed by atoms with E-state index < -0.39 is 0 Å². The van der Waals surface area contributed by atoms with E-state index in [-0.39, 0.29) is 37.3 Å². The molecule has 0 N–H and O–H groups in total. The molecule has 0 saturated carbocycles. The molecule has 6 heteroatoms. The van der Waals surface area contributed by atoms with Crippen LogP contribution in [0, 0.1) is 18.8 Å². The quantitative estimate of drug-likeness (QED) is 0.128.